The van der Waals surface area contributed by atoms with Gasteiger partial charge in [0.1, 0.15) is 11.4 Å². The van der Waals surface area contributed by atoms with Gasteiger partial charge in [0.05, 0.1) is 16.4 Å². The van der Waals surface area contributed by atoms with Crippen LogP contribution >= 0.6 is 22.9 Å². The summed E-state index contributed by atoms with van der Waals surface area (Å²) < 4.78 is 6.92. The first kappa shape index (κ1) is 19.1. The molecule has 0 saturated carbocycles. The number of aromatic nitrogens is 2. The maximum absolute atomic E-state index is 12.2. The van der Waals surface area contributed by atoms with Gasteiger partial charge in [-0.3, -0.25) is 9.59 Å². The minimum Gasteiger partial charge on any atom is -0.479 e. The minimum absolute atomic E-state index is 0.218. The molecule has 0 saturated heterocycles. The fourth-order valence-corrected chi connectivity index (χ4v) is 3.25. The van der Waals surface area contributed by atoms with Gasteiger partial charge in [-0.1, -0.05) is 29.8 Å². The first-order chi connectivity index (χ1) is 13.0. The number of rotatable bonds is 7. The normalized spacial score (nSPS) is 11.8. The summed E-state index contributed by atoms with van der Waals surface area (Å²) >= 11 is 7.58. The molecule has 140 valence electrons. The average Bonchev–Trinajstić information content (AvgIpc) is 3.19. The largest absolute Gasteiger partial charge is 0.479 e. The summed E-state index contributed by atoms with van der Waals surface area (Å²) in [4.78, 5) is 25.2. The molecule has 0 radical (unpaired) electrons. The molecule has 3 rings (SSSR count). The molecule has 1 aromatic carbocycles. The molecular weight excluding hydrogens is 386 g/mol. The maximum Gasteiger partial charge on any atom is 0.266 e. The van der Waals surface area contributed by atoms with E-state index in [0.717, 1.165) is 10.6 Å². The van der Waals surface area contributed by atoms with E-state index in [0.29, 0.717) is 10.8 Å². The summed E-state index contributed by atoms with van der Waals surface area (Å²) in [6.45, 7) is 2.17. The minimum atomic E-state index is -0.716. The predicted octanol–water partition coefficient (Wildman–Crippen LogP) is 3.21. The van der Waals surface area contributed by atoms with Crippen LogP contribution in [0.15, 0.2) is 58.7 Å². The summed E-state index contributed by atoms with van der Waals surface area (Å²) in [7, 11) is 0. The molecule has 1 amide bonds. The average molecular weight is 404 g/mol. The number of para-hydroxylation sites is 1. The predicted molar refractivity (Wildman–Crippen MR) is 106 cm³/mol. The van der Waals surface area contributed by atoms with Crippen LogP contribution in [-0.2, 0) is 11.3 Å². The van der Waals surface area contributed by atoms with Gasteiger partial charge in [-0.05, 0) is 36.6 Å². The molecule has 3 aromatic rings. The van der Waals surface area contributed by atoms with E-state index < -0.39 is 6.10 Å². The van der Waals surface area contributed by atoms with Crippen molar-refractivity contribution in [1.29, 1.82) is 0 Å². The van der Waals surface area contributed by atoms with E-state index in [1.165, 1.54) is 10.7 Å². The number of carbonyl (C=O) groups excluding carboxylic acids is 1. The van der Waals surface area contributed by atoms with Crippen molar-refractivity contribution in [2.75, 3.05) is 6.54 Å². The number of benzene rings is 1. The van der Waals surface area contributed by atoms with E-state index in [4.69, 9.17) is 16.3 Å². The van der Waals surface area contributed by atoms with E-state index in [-0.39, 0.29) is 24.6 Å². The number of amides is 1. The third kappa shape index (κ3) is 4.96. The van der Waals surface area contributed by atoms with Crippen LogP contribution in [0, 0.1) is 0 Å². The zero-order chi connectivity index (χ0) is 19.2. The number of halogens is 1. The Morgan fingerprint density at radius 2 is 2.07 bits per heavy atom. The van der Waals surface area contributed by atoms with Crippen LogP contribution in [0.3, 0.4) is 0 Å². The first-order valence-corrected chi connectivity index (χ1v) is 9.61. The lowest BCUT2D eigenvalue weighted by atomic mass is 10.3. The molecule has 0 aliphatic rings. The van der Waals surface area contributed by atoms with Crippen molar-refractivity contribution in [3.63, 3.8) is 0 Å². The van der Waals surface area contributed by atoms with Gasteiger partial charge < -0.3 is 10.1 Å². The van der Waals surface area contributed by atoms with Crippen LogP contribution in [0.25, 0.3) is 10.6 Å². The Hall–Kier alpha value is -2.64. The molecule has 0 spiro atoms. The zero-order valence-electron chi connectivity index (χ0n) is 14.6. The van der Waals surface area contributed by atoms with Gasteiger partial charge in [0.2, 0.25) is 0 Å². The molecule has 27 heavy (non-hydrogen) atoms. The smallest absolute Gasteiger partial charge is 0.266 e. The zero-order valence-corrected chi connectivity index (χ0v) is 16.2. The second-order valence-corrected chi connectivity index (χ2v) is 7.09. The molecule has 8 heteroatoms. The Morgan fingerprint density at radius 3 is 2.81 bits per heavy atom. The summed E-state index contributed by atoms with van der Waals surface area (Å²) in [5.41, 5.74) is 0.510. The number of carbonyl (C=O) groups is 1. The van der Waals surface area contributed by atoms with Crippen molar-refractivity contribution in [1.82, 2.24) is 15.1 Å². The molecule has 2 heterocycles. The van der Waals surface area contributed by atoms with Crippen LogP contribution in [0.1, 0.15) is 6.92 Å². The van der Waals surface area contributed by atoms with Crippen LogP contribution < -0.4 is 15.6 Å². The highest BCUT2D eigenvalue weighted by atomic mass is 35.5. The highest BCUT2D eigenvalue weighted by Crippen LogP contribution is 2.24. The van der Waals surface area contributed by atoms with Gasteiger partial charge in [-0.2, -0.15) is 5.10 Å². The summed E-state index contributed by atoms with van der Waals surface area (Å²) in [5.74, 6) is 0.153. The Balaban J connectivity index is 1.56. The fourth-order valence-electron chi connectivity index (χ4n) is 2.38. The van der Waals surface area contributed by atoms with E-state index in [9.17, 15) is 9.59 Å². The standard InChI is InChI=1S/C19H18ClN3O3S/c1-13(26-16-6-3-2-5-14(16)20)19(25)21-10-11-23-18(24)9-8-15(22-23)17-7-4-12-27-17/h2-9,12-13H,10-11H2,1H3,(H,21,25). The van der Waals surface area contributed by atoms with Gasteiger partial charge in [0.15, 0.2) is 6.10 Å². The quantitative estimate of drug-likeness (QED) is 0.657. The molecule has 1 N–H and O–H groups in total. The van der Waals surface area contributed by atoms with E-state index in [1.807, 2.05) is 17.5 Å². The van der Waals surface area contributed by atoms with Crippen molar-refractivity contribution in [3.05, 3.63) is 69.3 Å². The van der Waals surface area contributed by atoms with Crippen LogP contribution in [0.2, 0.25) is 5.02 Å². The maximum atomic E-state index is 12.2. The van der Waals surface area contributed by atoms with Crippen molar-refractivity contribution < 1.29 is 9.53 Å². The van der Waals surface area contributed by atoms with E-state index in [2.05, 4.69) is 10.4 Å². The lowest BCUT2D eigenvalue weighted by molar-refractivity contribution is -0.127. The Labute approximate surface area is 165 Å². The van der Waals surface area contributed by atoms with Crippen molar-refractivity contribution in [3.8, 4) is 16.3 Å². The summed E-state index contributed by atoms with van der Waals surface area (Å²) in [5, 5.41) is 9.49. The fraction of sp³-hybridized carbons (Fsp3) is 0.211. The van der Waals surface area contributed by atoms with Gasteiger partial charge in [0.25, 0.3) is 11.5 Å². The van der Waals surface area contributed by atoms with Gasteiger partial charge >= 0.3 is 0 Å². The highest BCUT2D eigenvalue weighted by molar-refractivity contribution is 7.13. The van der Waals surface area contributed by atoms with Gasteiger partial charge in [0, 0.05) is 12.6 Å². The second-order valence-electron chi connectivity index (χ2n) is 5.74. The topological polar surface area (TPSA) is 73.2 Å². The monoisotopic (exact) mass is 403 g/mol. The molecule has 0 aliphatic heterocycles. The van der Waals surface area contributed by atoms with Crippen LogP contribution in [0.5, 0.6) is 5.75 Å². The van der Waals surface area contributed by atoms with Crippen molar-refractivity contribution in [2.45, 2.75) is 19.6 Å². The van der Waals surface area contributed by atoms with Gasteiger partial charge in [-0.15, -0.1) is 11.3 Å². The van der Waals surface area contributed by atoms with E-state index in [1.54, 1.807) is 48.6 Å². The summed E-state index contributed by atoms with van der Waals surface area (Å²) in [6.07, 6.45) is -0.716. The number of hydrogen-bond acceptors (Lipinski definition) is 5. The molecule has 6 nitrogen and oxygen atoms in total. The van der Waals surface area contributed by atoms with E-state index >= 15 is 0 Å². The third-order valence-electron chi connectivity index (χ3n) is 3.77. The van der Waals surface area contributed by atoms with Crippen LogP contribution in [0.4, 0.5) is 0 Å². The molecule has 0 aliphatic carbocycles. The molecule has 1 atom stereocenters. The Kier molecular flexibility index (Phi) is 6.26. The number of hydrogen-bond donors (Lipinski definition) is 1. The molecule has 0 bridgehead atoms. The van der Waals surface area contributed by atoms with Gasteiger partial charge in [-0.25, -0.2) is 4.68 Å². The molecule has 2 aromatic heterocycles. The second kappa shape index (κ2) is 8.83. The third-order valence-corrected chi connectivity index (χ3v) is 4.98. The molecule has 1 unspecified atom stereocenters. The number of thiophene rings is 1. The Bertz CT molecular complexity index is 972. The molecule has 0 fully saturated rings. The number of nitrogens with zero attached hydrogens (tertiary/aromatic N) is 2. The Morgan fingerprint density at radius 1 is 1.26 bits per heavy atom. The SMILES string of the molecule is CC(Oc1ccccc1Cl)C(=O)NCCn1nc(-c2cccs2)ccc1=O. The lowest BCUT2D eigenvalue weighted by Crippen LogP contribution is -2.39. The van der Waals surface area contributed by atoms with Crippen molar-refractivity contribution in [2.24, 2.45) is 0 Å². The number of ether oxygens (including phenoxy) is 1. The summed E-state index contributed by atoms with van der Waals surface area (Å²) in [6, 6.07) is 14.0. The number of nitrogens with one attached hydrogen (secondary N) is 1. The van der Waals surface area contributed by atoms with Crippen LogP contribution in [-0.4, -0.2) is 28.3 Å². The lowest BCUT2D eigenvalue weighted by Gasteiger charge is -2.15. The first-order valence-electron chi connectivity index (χ1n) is 8.35. The van der Waals surface area contributed by atoms with Crippen molar-refractivity contribution >= 4 is 28.8 Å². The highest BCUT2D eigenvalue weighted by Gasteiger charge is 2.15. The molecular formula is C19H18ClN3O3S.